The van der Waals surface area contributed by atoms with Gasteiger partial charge in [-0.1, -0.05) is 29.8 Å². The fourth-order valence-corrected chi connectivity index (χ4v) is 4.41. The van der Waals surface area contributed by atoms with E-state index < -0.39 is 12.3 Å². The van der Waals surface area contributed by atoms with Crippen LogP contribution in [-0.2, 0) is 6.54 Å². The van der Waals surface area contributed by atoms with Crippen molar-refractivity contribution in [3.05, 3.63) is 94.0 Å². The fourth-order valence-electron chi connectivity index (χ4n) is 4.21. The Morgan fingerprint density at radius 3 is 2.55 bits per heavy atom. The van der Waals surface area contributed by atoms with E-state index >= 15 is 0 Å². The van der Waals surface area contributed by atoms with Gasteiger partial charge in [-0.3, -0.25) is 9.48 Å². The van der Waals surface area contributed by atoms with Gasteiger partial charge in [0.2, 0.25) is 0 Å². The predicted octanol–water partition coefficient (Wildman–Crippen LogP) is 6.11. The summed E-state index contributed by atoms with van der Waals surface area (Å²) in [6.07, 6.45) is -1.60. The molecular formula is C27H23ClF2N6O2. The van der Waals surface area contributed by atoms with E-state index in [2.05, 4.69) is 20.5 Å². The van der Waals surface area contributed by atoms with Gasteiger partial charge in [0.05, 0.1) is 42.6 Å². The summed E-state index contributed by atoms with van der Waals surface area (Å²) in [6, 6.07) is 15.6. The number of nitrogens with zero attached hydrogens (tertiary/aromatic N) is 5. The molecule has 0 aliphatic rings. The first kappa shape index (κ1) is 25.3. The van der Waals surface area contributed by atoms with E-state index in [-0.39, 0.29) is 22.6 Å². The van der Waals surface area contributed by atoms with Gasteiger partial charge in [0.1, 0.15) is 17.0 Å². The van der Waals surface area contributed by atoms with Crippen molar-refractivity contribution in [2.75, 3.05) is 12.4 Å². The Bertz CT molecular complexity index is 1650. The van der Waals surface area contributed by atoms with Gasteiger partial charge >= 0.3 is 0 Å². The number of fused-ring (bicyclic) bond motifs is 1. The third-order valence-corrected chi connectivity index (χ3v) is 6.62. The molecule has 0 radical (unpaired) electrons. The van der Waals surface area contributed by atoms with E-state index in [0.29, 0.717) is 40.0 Å². The molecule has 1 N–H and O–H groups in total. The molecule has 3 heterocycles. The molecule has 38 heavy (non-hydrogen) atoms. The maximum atomic E-state index is 14.0. The molecule has 3 aromatic heterocycles. The van der Waals surface area contributed by atoms with Gasteiger partial charge in [-0.15, -0.1) is 0 Å². The van der Waals surface area contributed by atoms with Crippen molar-refractivity contribution in [1.82, 2.24) is 24.4 Å². The van der Waals surface area contributed by atoms with Crippen LogP contribution in [0.15, 0.2) is 60.8 Å². The second kappa shape index (κ2) is 10.2. The first-order chi connectivity index (χ1) is 18.3. The lowest BCUT2D eigenvalue weighted by molar-refractivity contribution is 0.102. The van der Waals surface area contributed by atoms with E-state index in [9.17, 15) is 13.6 Å². The highest BCUT2D eigenvalue weighted by Crippen LogP contribution is 2.29. The molecule has 0 aliphatic carbocycles. The first-order valence-corrected chi connectivity index (χ1v) is 12.0. The molecule has 5 rings (SSSR count). The standard InChI is InChI=1S/C27H23ClF2N6O2/c1-15-24(16(2)35(34-15)14-18-6-4-5-7-21(18)28)33-27(37)20-13-31-36-23(25(29)30)12-22(32-26(20)36)17-8-10-19(38-3)11-9-17/h4-13,25H,14H2,1-3H3,(H,33,37). The Labute approximate surface area is 221 Å². The van der Waals surface area contributed by atoms with Gasteiger partial charge in [0.25, 0.3) is 12.3 Å². The summed E-state index contributed by atoms with van der Waals surface area (Å²) < 4.78 is 35.8. The average molecular weight is 537 g/mol. The molecule has 0 atom stereocenters. The number of anilines is 1. The van der Waals surface area contributed by atoms with Gasteiger partial charge in [-0.2, -0.15) is 10.2 Å². The molecule has 0 fully saturated rings. The maximum absolute atomic E-state index is 14.0. The van der Waals surface area contributed by atoms with E-state index in [1.165, 1.54) is 19.4 Å². The van der Waals surface area contributed by atoms with Crippen LogP contribution >= 0.6 is 11.6 Å². The van der Waals surface area contributed by atoms with Crippen molar-refractivity contribution in [2.24, 2.45) is 0 Å². The molecular weight excluding hydrogens is 514 g/mol. The molecule has 0 spiro atoms. The van der Waals surface area contributed by atoms with E-state index in [1.54, 1.807) is 41.9 Å². The third-order valence-electron chi connectivity index (χ3n) is 6.25. The number of hydrogen-bond donors (Lipinski definition) is 1. The molecule has 194 valence electrons. The molecule has 8 nitrogen and oxygen atoms in total. The number of methoxy groups -OCH3 is 1. The number of hydrogen-bond acceptors (Lipinski definition) is 5. The number of rotatable bonds is 7. The minimum atomic E-state index is -2.83. The van der Waals surface area contributed by atoms with Crippen molar-refractivity contribution in [2.45, 2.75) is 26.8 Å². The van der Waals surface area contributed by atoms with Gasteiger partial charge in [0.15, 0.2) is 5.65 Å². The van der Waals surface area contributed by atoms with Gasteiger partial charge in [-0.25, -0.2) is 18.3 Å². The quantitative estimate of drug-likeness (QED) is 0.271. The topological polar surface area (TPSA) is 86.3 Å². The number of alkyl halides is 2. The Kier molecular flexibility index (Phi) is 6.81. The summed E-state index contributed by atoms with van der Waals surface area (Å²) in [4.78, 5) is 17.9. The highest BCUT2D eigenvalue weighted by atomic mass is 35.5. The summed E-state index contributed by atoms with van der Waals surface area (Å²) in [7, 11) is 1.54. The van der Waals surface area contributed by atoms with Crippen molar-refractivity contribution in [3.63, 3.8) is 0 Å². The number of aromatic nitrogens is 5. The summed E-state index contributed by atoms with van der Waals surface area (Å²) in [5, 5.41) is 12.1. The lowest BCUT2D eigenvalue weighted by atomic mass is 10.1. The molecule has 0 saturated carbocycles. The minimum Gasteiger partial charge on any atom is -0.497 e. The molecule has 0 bridgehead atoms. The zero-order valence-electron chi connectivity index (χ0n) is 20.7. The number of ether oxygens (including phenoxy) is 1. The van der Waals surface area contributed by atoms with Crippen LogP contribution < -0.4 is 10.1 Å². The van der Waals surface area contributed by atoms with Crippen LogP contribution in [-0.4, -0.2) is 37.4 Å². The summed E-state index contributed by atoms with van der Waals surface area (Å²) in [6.45, 7) is 4.03. The number of aryl methyl sites for hydroxylation is 1. The monoisotopic (exact) mass is 536 g/mol. The lowest BCUT2D eigenvalue weighted by Gasteiger charge is -2.10. The van der Waals surface area contributed by atoms with Gasteiger partial charge < -0.3 is 10.1 Å². The Balaban J connectivity index is 1.50. The van der Waals surface area contributed by atoms with Gasteiger partial charge in [-0.05, 0) is 55.8 Å². The van der Waals surface area contributed by atoms with Crippen LogP contribution in [0.5, 0.6) is 5.75 Å². The van der Waals surface area contributed by atoms with E-state index in [0.717, 1.165) is 10.1 Å². The number of benzene rings is 2. The van der Waals surface area contributed by atoms with Crippen LogP contribution in [0.4, 0.5) is 14.5 Å². The molecule has 0 saturated heterocycles. The van der Waals surface area contributed by atoms with Gasteiger partial charge in [0, 0.05) is 10.6 Å². The Hall–Kier alpha value is -4.31. The van der Waals surface area contributed by atoms with Crippen LogP contribution in [0.2, 0.25) is 5.02 Å². The molecule has 0 unspecified atom stereocenters. The van der Waals surface area contributed by atoms with Crippen LogP contribution in [0, 0.1) is 13.8 Å². The van der Waals surface area contributed by atoms with Crippen molar-refractivity contribution < 1.29 is 18.3 Å². The van der Waals surface area contributed by atoms with E-state index in [1.807, 2.05) is 25.1 Å². The summed E-state index contributed by atoms with van der Waals surface area (Å²) in [5.41, 5.74) is 3.29. The number of nitrogens with one attached hydrogen (secondary N) is 1. The number of amides is 1. The molecule has 0 aliphatic heterocycles. The number of carbonyl (C=O) groups is 1. The van der Waals surface area contributed by atoms with Crippen molar-refractivity contribution in [1.29, 1.82) is 0 Å². The zero-order chi connectivity index (χ0) is 27.0. The summed E-state index contributed by atoms with van der Waals surface area (Å²) >= 11 is 6.30. The highest BCUT2D eigenvalue weighted by molar-refractivity contribution is 6.31. The van der Waals surface area contributed by atoms with Crippen LogP contribution in [0.1, 0.15) is 39.4 Å². The largest absolute Gasteiger partial charge is 0.497 e. The molecule has 11 heteroatoms. The van der Waals surface area contributed by atoms with Crippen molar-refractivity contribution in [3.8, 4) is 17.0 Å². The molecule has 5 aromatic rings. The normalized spacial score (nSPS) is 11.3. The lowest BCUT2D eigenvalue weighted by Crippen LogP contribution is -2.14. The number of halogens is 3. The third kappa shape index (κ3) is 4.70. The Morgan fingerprint density at radius 1 is 1.13 bits per heavy atom. The van der Waals surface area contributed by atoms with Crippen LogP contribution in [0.25, 0.3) is 16.9 Å². The second-order valence-electron chi connectivity index (χ2n) is 8.64. The average Bonchev–Trinajstić information content (AvgIpc) is 3.45. The number of carbonyl (C=O) groups excluding carboxylic acids is 1. The maximum Gasteiger partial charge on any atom is 0.280 e. The SMILES string of the molecule is COc1ccc(-c2cc(C(F)F)n3ncc(C(=O)Nc4c(C)nn(Cc5ccccc5Cl)c4C)c3n2)cc1. The smallest absolute Gasteiger partial charge is 0.280 e. The Morgan fingerprint density at radius 2 is 1.87 bits per heavy atom. The second-order valence-corrected chi connectivity index (χ2v) is 9.05. The van der Waals surface area contributed by atoms with Crippen molar-refractivity contribution >= 4 is 28.8 Å². The van der Waals surface area contributed by atoms with Crippen LogP contribution in [0.3, 0.4) is 0 Å². The fraction of sp³-hybridized carbons (Fsp3) is 0.185. The minimum absolute atomic E-state index is 0.0184. The predicted molar refractivity (Wildman–Crippen MR) is 140 cm³/mol. The van der Waals surface area contributed by atoms with E-state index in [4.69, 9.17) is 16.3 Å². The summed E-state index contributed by atoms with van der Waals surface area (Å²) in [5.74, 6) is 0.0808. The first-order valence-electron chi connectivity index (χ1n) is 11.7. The molecule has 2 aromatic carbocycles. The molecule has 1 amide bonds. The zero-order valence-corrected chi connectivity index (χ0v) is 21.5. The highest BCUT2D eigenvalue weighted by Gasteiger charge is 2.23.